The van der Waals surface area contributed by atoms with Gasteiger partial charge in [0, 0.05) is 24.2 Å². The summed E-state index contributed by atoms with van der Waals surface area (Å²) in [6.07, 6.45) is 9.72. The molecule has 0 amide bonds. The van der Waals surface area contributed by atoms with E-state index in [-0.39, 0.29) is 17.0 Å². The van der Waals surface area contributed by atoms with Crippen molar-refractivity contribution in [1.82, 2.24) is 4.90 Å². The number of Topliss-reactive ketones (excluding diaryl/α,β-unsaturated/α-hetero) is 1. The Kier molecular flexibility index (Phi) is 4.15. The van der Waals surface area contributed by atoms with E-state index in [4.69, 9.17) is 0 Å². The van der Waals surface area contributed by atoms with E-state index < -0.39 is 0 Å². The van der Waals surface area contributed by atoms with Crippen LogP contribution in [0.3, 0.4) is 0 Å². The number of carbonyl (C=O) groups is 1. The van der Waals surface area contributed by atoms with Crippen molar-refractivity contribution >= 4 is 11.5 Å². The standard InChI is InChI=1S/C23H29FN2O/c1-16(27)13-26-15-23(21-12-20(24)4-5-22(21)26)6-8-25(9-7-23)14-19-11-17-2-3-18(19)10-17/h2-5,12,17-19H,6-11,13-15H2,1H3/t17-,18-,19-/m0/s1. The minimum absolute atomic E-state index is 0.0119. The number of fused-ring (bicyclic) bond motifs is 4. The third-order valence-electron chi connectivity index (χ3n) is 7.50. The van der Waals surface area contributed by atoms with Gasteiger partial charge in [-0.2, -0.15) is 0 Å². The van der Waals surface area contributed by atoms with Crippen molar-refractivity contribution < 1.29 is 9.18 Å². The van der Waals surface area contributed by atoms with Gasteiger partial charge in [0.2, 0.25) is 0 Å². The van der Waals surface area contributed by atoms with E-state index in [0.717, 1.165) is 61.5 Å². The Bertz CT molecular complexity index is 781. The van der Waals surface area contributed by atoms with Gasteiger partial charge in [0.05, 0.1) is 6.54 Å². The number of benzene rings is 1. The highest BCUT2D eigenvalue weighted by atomic mass is 19.1. The first-order valence-corrected chi connectivity index (χ1v) is 10.5. The van der Waals surface area contributed by atoms with Crippen LogP contribution in [-0.2, 0) is 10.2 Å². The lowest BCUT2D eigenvalue weighted by atomic mass is 9.74. The quantitative estimate of drug-likeness (QED) is 0.756. The maximum Gasteiger partial charge on any atom is 0.149 e. The smallest absolute Gasteiger partial charge is 0.149 e. The van der Waals surface area contributed by atoms with Gasteiger partial charge >= 0.3 is 0 Å². The highest BCUT2D eigenvalue weighted by molar-refractivity contribution is 5.82. The molecule has 2 bridgehead atoms. The van der Waals surface area contributed by atoms with Gasteiger partial charge in [-0.15, -0.1) is 0 Å². The van der Waals surface area contributed by atoms with Gasteiger partial charge in [0.15, 0.2) is 0 Å². The first kappa shape index (κ1) is 17.4. The third-order valence-corrected chi connectivity index (χ3v) is 7.50. The summed E-state index contributed by atoms with van der Waals surface area (Å²) < 4.78 is 14.0. The fourth-order valence-electron chi connectivity index (χ4n) is 6.18. The van der Waals surface area contributed by atoms with Gasteiger partial charge < -0.3 is 9.80 Å². The van der Waals surface area contributed by atoms with Crippen LogP contribution in [0.4, 0.5) is 10.1 Å². The van der Waals surface area contributed by atoms with E-state index in [0.29, 0.717) is 6.54 Å². The van der Waals surface area contributed by atoms with Crippen molar-refractivity contribution in [2.45, 2.75) is 38.0 Å². The topological polar surface area (TPSA) is 23.6 Å². The Morgan fingerprint density at radius 1 is 1.22 bits per heavy atom. The minimum Gasteiger partial charge on any atom is -0.363 e. The average molecular weight is 368 g/mol. The number of hydrogen-bond donors (Lipinski definition) is 0. The van der Waals surface area contributed by atoms with Crippen molar-refractivity contribution in [2.75, 3.05) is 37.6 Å². The predicted molar refractivity (Wildman–Crippen MR) is 105 cm³/mol. The molecular formula is C23H29FN2O. The van der Waals surface area contributed by atoms with E-state index in [1.807, 2.05) is 6.07 Å². The van der Waals surface area contributed by atoms with Gasteiger partial charge in [-0.25, -0.2) is 4.39 Å². The molecule has 1 spiro atoms. The number of likely N-dealkylation sites (tertiary alicyclic amines) is 1. The molecule has 0 unspecified atom stereocenters. The number of anilines is 1. The number of halogens is 1. The molecule has 3 atom stereocenters. The Labute approximate surface area is 161 Å². The van der Waals surface area contributed by atoms with Crippen LogP contribution in [0.15, 0.2) is 30.4 Å². The Morgan fingerprint density at radius 3 is 2.70 bits per heavy atom. The first-order chi connectivity index (χ1) is 13.0. The van der Waals surface area contributed by atoms with Crippen LogP contribution in [0.5, 0.6) is 0 Å². The van der Waals surface area contributed by atoms with Gasteiger partial charge in [-0.05, 0) is 87.2 Å². The van der Waals surface area contributed by atoms with Crippen LogP contribution in [0.1, 0.15) is 38.2 Å². The Balaban J connectivity index is 1.30. The summed E-state index contributed by atoms with van der Waals surface area (Å²) in [4.78, 5) is 16.5. The molecular weight excluding hydrogens is 339 g/mol. The van der Waals surface area contributed by atoms with Crippen molar-refractivity contribution in [3.8, 4) is 0 Å². The molecule has 1 saturated carbocycles. The van der Waals surface area contributed by atoms with Crippen LogP contribution >= 0.6 is 0 Å². The van der Waals surface area contributed by atoms with Crippen LogP contribution in [0.2, 0.25) is 0 Å². The van der Waals surface area contributed by atoms with E-state index >= 15 is 0 Å². The lowest BCUT2D eigenvalue weighted by molar-refractivity contribution is -0.115. The molecule has 5 rings (SSSR count). The number of nitrogens with zero attached hydrogens (tertiary/aromatic N) is 2. The number of piperidine rings is 1. The van der Waals surface area contributed by atoms with E-state index in [2.05, 4.69) is 22.0 Å². The molecule has 0 N–H and O–H groups in total. The largest absolute Gasteiger partial charge is 0.363 e. The molecule has 4 aliphatic rings. The zero-order valence-electron chi connectivity index (χ0n) is 16.2. The second kappa shape index (κ2) is 6.44. The fourth-order valence-corrected chi connectivity index (χ4v) is 6.18. The molecule has 1 aromatic rings. The van der Waals surface area contributed by atoms with Crippen molar-refractivity contribution in [3.05, 3.63) is 41.7 Å². The highest BCUT2D eigenvalue weighted by Crippen LogP contribution is 2.48. The summed E-state index contributed by atoms with van der Waals surface area (Å²) in [7, 11) is 0. The van der Waals surface area contributed by atoms with E-state index in [9.17, 15) is 9.18 Å². The molecule has 4 heteroatoms. The van der Waals surface area contributed by atoms with Gasteiger partial charge in [0.1, 0.15) is 11.6 Å². The van der Waals surface area contributed by atoms with E-state index in [1.54, 1.807) is 13.0 Å². The van der Waals surface area contributed by atoms with Crippen LogP contribution in [-0.4, -0.2) is 43.4 Å². The Morgan fingerprint density at radius 2 is 2.04 bits per heavy atom. The average Bonchev–Trinajstić information content (AvgIpc) is 3.31. The number of ketones is 1. The van der Waals surface area contributed by atoms with Crippen molar-refractivity contribution in [2.24, 2.45) is 17.8 Å². The summed E-state index contributed by atoms with van der Waals surface area (Å²) >= 11 is 0. The number of hydrogen-bond acceptors (Lipinski definition) is 3. The van der Waals surface area contributed by atoms with Gasteiger partial charge in [-0.3, -0.25) is 4.79 Å². The fraction of sp³-hybridized carbons (Fsp3) is 0.609. The molecule has 2 fully saturated rings. The van der Waals surface area contributed by atoms with Gasteiger partial charge in [-0.1, -0.05) is 12.2 Å². The molecule has 1 saturated heterocycles. The third kappa shape index (κ3) is 3.02. The molecule has 0 aromatic heterocycles. The van der Waals surface area contributed by atoms with Gasteiger partial charge in [0.25, 0.3) is 0 Å². The second-order valence-electron chi connectivity index (χ2n) is 9.34. The lowest BCUT2D eigenvalue weighted by Crippen LogP contribution is -2.47. The number of rotatable bonds is 4. The summed E-state index contributed by atoms with van der Waals surface area (Å²) in [6, 6.07) is 5.13. The van der Waals surface area contributed by atoms with Crippen molar-refractivity contribution in [3.63, 3.8) is 0 Å². The first-order valence-electron chi connectivity index (χ1n) is 10.5. The molecule has 2 aliphatic heterocycles. The van der Waals surface area contributed by atoms with Crippen LogP contribution in [0.25, 0.3) is 0 Å². The summed E-state index contributed by atoms with van der Waals surface area (Å²) in [6.45, 7) is 6.32. The Hall–Kier alpha value is -1.68. The molecule has 2 aliphatic carbocycles. The molecule has 1 aromatic carbocycles. The lowest BCUT2D eigenvalue weighted by Gasteiger charge is -2.41. The monoisotopic (exact) mass is 368 g/mol. The highest BCUT2D eigenvalue weighted by Gasteiger charge is 2.45. The van der Waals surface area contributed by atoms with Crippen LogP contribution < -0.4 is 4.90 Å². The molecule has 2 heterocycles. The summed E-state index contributed by atoms with van der Waals surface area (Å²) in [5, 5.41) is 0. The second-order valence-corrected chi connectivity index (χ2v) is 9.34. The van der Waals surface area contributed by atoms with Crippen molar-refractivity contribution in [1.29, 1.82) is 0 Å². The van der Waals surface area contributed by atoms with E-state index in [1.165, 1.54) is 25.5 Å². The maximum atomic E-state index is 14.0. The molecule has 3 nitrogen and oxygen atoms in total. The normalized spacial score (nSPS) is 31.0. The predicted octanol–water partition coefficient (Wildman–Crippen LogP) is 3.78. The molecule has 27 heavy (non-hydrogen) atoms. The number of allylic oxidation sites excluding steroid dienone is 2. The summed E-state index contributed by atoms with van der Waals surface area (Å²) in [5.74, 6) is 2.48. The molecule has 0 radical (unpaired) electrons. The minimum atomic E-state index is -0.158. The zero-order chi connectivity index (χ0) is 18.6. The van der Waals surface area contributed by atoms with Crippen LogP contribution in [0, 0.1) is 23.6 Å². The zero-order valence-corrected chi connectivity index (χ0v) is 16.2. The molecule has 144 valence electrons. The maximum absolute atomic E-state index is 14.0. The number of carbonyl (C=O) groups excluding carboxylic acids is 1. The summed E-state index contributed by atoms with van der Waals surface area (Å²) in [5.41, 5.74) is 2.21. The SMILES string of the molecule is CC(=O)CN1CC2(CCN(C[C@@H]3C[C@H]4C=C[C@H]3C4)CC2)c2cc(F)ccc21.